The van der Waals surface area contributed by atoms with Gasteiger partial charge in [0.05, 0.1) is 0 Å². The second-order valence-corrected chi connectivity index (χ2v) is 8.25. The van der Waals surface area contributed by atoms with E-state index in [1.807, 2.05) is 24.3 Å². The van der Waals surface area contributed by atoms with Crippen LogP contribution < -0.4 is 15.5 Å². The lowest BCUT2D eigenvalue weighted by Crippen LogP contribution is -2.42. The van der Waals surface area contributed by atoms with Crippen molar-refractivity contribution in [3.63, 3.8) is 0 Å². The normalized spacial score (nSPS) is 18.5. The summed E-state index contributed by atoms with van der Waals surface area (Å²) in [6, 6.07) is 8.99. The van der Waals surface area contributed by atoms with Crippen LogP contribution in [-0.2, 0) is 15.1 Å². The van der Waals surface area contributed by atoms with Gasteiger partial charge in [-0.2, -0.15) is 0 Å². The highest BCUT2D eigenvalue weighted by molar-refractivity contribution is 6.10. The number of amides is 4. The maximum Gasteiger partial charge on any atom is 0.325 e. The Kier molecular flexibility index (Phi) is 6.10. The topological polar surface area (TPSA) is 94.9 Å². The summed E-state index contributed by atoms with van der Waals surface area (Å²) in [5.41, 5.74) is 0.990. The van der Waals surface area contributed by atoms with E-state index in [0.29, 0.717) is 28.8 Å². The van der Waals surface area contributed by atoms with Crippen molar-refractivity contribution in [3.8, 4) is 0 Å². The molecule has 1 aliphatic heterocycles. The van der Waals surface area contributed by atoms with Crippen LogP contribution in [0.4, 0.5) is 16.2 Å². The number of carbonyl (C=O) groups is 3. The minimum Gasteiger partial charge on any atom is -0.466 e. The van der Waals surface area contributed by atoms with E-state index in [1.54, 1.807) is 26.8 Å². The fourth-order valence-electron chi connectivity index (χ4n) is 4.08. The largest absolute Gasteiger partial charge is 0.466 e. The van der Waals surface area contributed by atoms with Crippen molar-refractivity contribution < 1.29 is 18.8 Å². The molecule has 166 valence electrons. The molecule has 1 atom stereocenters. The summed E-state index contributed by atoms with van der Waals surface area (Å²) in [4.78, 5) is 41.2. The molecular formula is C23H30N4O4. The van der Waals surface area contributed by atoms with Gasteiger partial charge in [-0.05, 0) is 71.9 Å². The second kappa shape index (κ2) is 8.45. The highest BCUT2D eigenvalue weighted by Crippen LogP contribution is 2.32. The van der Waals surface area contributed by atoms with Crippen LogP contribution in [-0.4, -0.2) is 41.9 Å². The third kappa shape index (κ3) is 4.28. The molecule has 0 saturated carbocycles. The van der Waals surface area contributed by atoms with Gasteiger partial charge in [-0.15, -0.1) is 0 Å². The van der Waals surface area contributed by atoms with E-state index in [0.717, 1.165) is 17.1 Å². The average Bonchev–Trinajstić information content (AvgIpc) is 3.15. The number of hydrogen-bond acceptors (Lipinski definition) is 5. The van der Waals surface area contributed by atoms with Crippen molar-refractivity contribution in [1.29, 1.82) is 0 Å². The smallest absolute Gasteiger partial charge is 0.325 e. The molecular weight excluding hydrogens is 396 g/mol. The number of aryl methyl sites for hydroxylation is 2. The van der Waals surface area contributed by atoms with Gasteiger partial charge in [0.1, 0.15) is 23.6 Å². The van der Waals surface area contributed by atoms with Crippen LogP contribution in [0.1, 0.15) is 44.8 Å². The molecule has 8 nitrogen and oxygen atoms in total. The first-order valence-corrected chi connectivity index (χ1v) is 10.4. The van der Waals surface area contributed by atoms with Gasteiger partial charge < -0.3 is 20.0 Å². The SMILES string of the molecule is CCN(c1ccc(NC(=O)CN2C(=O)NC(C)(c3cc(C)oc3C)C2=O)cc1)C(C)C. The van der Waals surface area contributed by atoms with Gasteiger partial charge in [0.15, 0.2) is 0 Å². The van der Waals surface area contributed by atoms with E-state index < -0.39 is 23.4 Å². The quantitative estimate of drug-likeness (QED) is 0.661. The minimum atomic E-state index is -1.26. The number of carbonyl (C=O) groups excluding carboxylic acids is 3. The van der Waals surface area contributed by atoms with Crippen molar-refractivity contribution >= 4 is 29.2 Å². The summed E-state index contributed by atoms with van der Waals surface area (Å²) >= 11 is 0. The van der Waals surface area contributed by atoms with Crippen molar-refractivity contribution in [1.82, 2.24) is 10.2 Å². The fraction of sp³-hybridized carbons (Fsp3) is 0.435. The minimum absolute atomic E-state index is 0.363. The molecule has 0 bridgehead atoms. The summed E-state index contributed by atoms with van der Waals surface area (Å²) in [6.45, 7) is 12.0. The maximum absolute atomic E-state index is 13.0. The molecule has 4 amide bonds. The molecule has 31 heavy (non-hydrogen) atoms. The van der Waals surface area contributed by atoms with Gasteiger partial charge in [0.2, 0.25) is 5.91 Å². The van der Waals surface area contributed by atoms with Crippen LogP contribution in [0.25, 0.3) is 0 Å². The van der Waals surface area contributed by atoms with E-state index in [1.165, 1.54) is 0 Å². The van der Waals surface area contributed by atoms with Crippen LogP contribution in [0.2, 0.25) is 0 Å². The van der Waals surface area contributed by atoms with Crippen molar-refractivity contribution in [2.24, 2.45) is 0 Å². The molecule has 0 aliphatic carbocycles. The van der Waals surface area contributed by atoms with Crippen molar-refractivity contribution in [3.05, 3.63) is 47.4 Å². The summed E-state index contributed by atoms with van der Waals surface area (Å²) in [6.07, 6.45) is 0. The fourth-order valence-corrected chi connectivity index (χ4v) is 4.08. The predicted octanol–water partition coefficient (Wildman–Crippen LogP) is 3.54. The number of urea groups is 1. The Morgan fingerprint density at radius 3 is 2.39 bits per heavy atom. The molecule has 1 aliphatic rings. The van der Waals surface area contributed by atoms with Crippen LogP contribution in [0.15, 0.2) is 34.7 Å². The Hall–Kier alpha value is -3.29. The first-order chi connectivity index (χ1) is 14.6. The van der Waals surface area contributed by atoms with E-state index in [9.17, 15) is 14.4 Å². The van der Waals surface area contributed by atoms with Crippen molar-refractivity contribution in [2.45, 2.75) is 53.1 Å². The Labute approximate surface area is 182 Å². The number of imide groups is 1. The Morgan fingerprint density at radius 2 is 1.87 bits per heavy atom. The van der Waals surface area contributed by atoms with Gasteiger partial charge in [0, 0.05) is 29.5 Å². The Bertz CT molecular complexity index is 996. The maximum atomic E-state index is 13.0. The lowest BCUT2D eigenvalue weighted by molar-refractivity contribution is -0.133. The van der Waals surface area contributed by atoms with E-state index >= 15 is 0 Å². The molecule has 0 radical (unpaired) electrons. The molecule has 3 rings (SSSR count). The summed E-state index contributed by atoms with van der Waals surface area (Å²) in [5.74, 6) is 0.274. The van der Waals surface area contributed by atoms with Gasteiger partial charge in [-0.1, -0.05) is 0 Å². The first kappa shape index (κ1) is 22.4. The molecule has 1 saturated heterocycles. The molecule has 1 aromatic carbocycles. The zero-order valence-electron chi connectivity index (χ0n) is 18.9. The average molecular weight is 427 g/mol. The molecule has 1 unspecified atom stereocenters. The number of benzene rings is 1. The molecule has 1 fully saturated rings. The Balaban J connectivity index is 1.69. The predicted molar refractivity (Wildman–Crippen MR) is 119 cm³/mol. The van der Waals surface area contributed by atoms with Crippen LogP contribution in [0.5, 0.6) is 0 Å². The van der Waals surface area contributed by atoms with Crippen LogP contribution in [0.3, 0.4) is 0 Å². The number of anilines is 2. The summed E-state index contributed by atoms with van der Waals surface area (Å²) in [7, 11) is 0. The highest BCUT2D eigenvalue weighted by atomic mass is 16.3. The van der Waals surface area contributed by atoms with Gasteiger partial charge in [0.25, 0.3) is 5.91 Å². The molecule has 2 aromatic rings. The Morgan fingerprint density at radius 1 is 1.23 bits per heavy atom. The highest BCUT2D eigenvalue weighted by Gasteiger charge is 2.51. The molecule has 2 N–H and O–H groups in total. The van der Waals surface area contributed by atoms with Crippen molar-refractivity contribution in [2.75, 3.05) is 23.3 Å². The van der Waals surface area contributed by atoms with Gasteiger partial charge in [-0.25, -0.2) is 4.79 Å². The zero-order valence-corrected chi connectivity index (χ0v) is 18.9. The third-order valence-corrected chi connectivity index (χ3v) is 5.60. The molecule has 0 spiro atoms. The monoisotopic (exact) mass is 426 g/mol. The standard InChI is InChI=1S/C23H30N4O4/c1-7-26(14(2)3)18-10-8-17(9-11-18)24-20(28)13-27-21(29)23(6,25-22(27)30)19-12-15(4)31-16(19)5/h8-12,14H,7,13H2,1-6H3,(H,24,28)(H,25,30). The molecule has 1 aromatic heterocycles. The third-order valence-electron chi connectivity index (χ3n) is 5.60. The van der Waals surface area contributed by atoms with E-state index in [2.05, 4.69) is 36.3 Å². The zero-order chi connectivity index (χ0) is 22.9. The van der Waals surface area contributed by atoms with Gasteiger partial charge >= 0.3 is 6.03 Å². The first-order valence-electron chi connectivity index (χ1n) is 10.4. The lowest BCUT2D eigenvalue weighted by atomic mass is 9.92. The van der Waals surface area contributed by atoms with Crippen LogP contribution in [0, 0.1) is 13.8 Å². The molecule has 2 heterocycles. The second-order valence-electron chi connectivity index (χ2n) is 8.25. The molecule has 8 heteroatoms. The van der Waals surface area contributed by atoms with E-state index in [4.69, 9.17) is 4.42 Å². The lowest BCUT2D eigenvalue weighted by Gasteiger charge is -2.27. The number of nitrogens with zero attached hydrogens (tertiary/aromatic N) is 2. The number of nitrogens with one attached hydrogen (secondary N) is 2. The van der Waals surface area contributed by atoms with Crippen LogP contribution >= 0.6 is 0 Å². The summed E-state index contributed by atoms with van der Waals surface area (Å²) < 4.78 is 5.52. The van der Waals surface area contributed by atoms with E-state index in [-0.39, 0.29) is 6.54 Å². The number of rotatable bonds is 7. The number of hydrogen-bond donors (Lipinski definition) is 2. The van der Waals surface area contributed by atoms with Gasteiger partial charge in [-0.3, -0.25) is 14.5 Å². The number of furan rings is 1. The summed E-state index contributed by atoms with van der Waals surface area (Å²) in [5, 5.41) is 5.45.